The lowest BCUT2D eigenvalue weighted by Gasteiger charge is -2.08. The molecule has 5 heteroatoms. The van der Waals surface area contributed by atoms with E-state index in [-0.39, 0.29) is 23.0 Å². The van der Waals surface area contributed by atoms with Crippen molar-refractivity contribution in [1.29, 1.82) is 0 Å². The number of nitrogens with one attached hydrogen (secondary N) is 1. The van der Waals surface area contributed by atoms with Gasteiger partial charge in [-0.15, -0.1) is 0 Å². The fourth-order valence-electron chi connectivity index (χ4n) is 1.74. The highest BCUT2D eigenvalue weighted by molar-refractivity contribution is 6.04. The lowest BCUT2D eigenvalue weighted by atomic mass is 10.1. The summed E-state index contributed by atoms with van der Waals surface area (Å²) in [6.07, 6.45) is 0. The summed E-state index contributed by atoms with van der Waals surface area (Å²) in [5.74, 6) is -0.732. The zero-order chi connectivity index (χ0) is 14.7. The smallest absolute Gasteiger partial charge is 0.255 e. The van der Waals surface area contributed by atoms with E-state index in [1.165, 1.54) is 31.4 Å². The molecule has 0 saturated carbocycles. The highest BCUT2D eigenvalue weighted by Gasteiger charge is 2.11. The van der Waals surface area contributed by atoms with Crippen molar-refractivity contribution in [2.45, 2.75) is 6.92 Å². The number of benzene rings is 2. The molecular weight excluding hydrogens is 261 g/mol. The van der Waals surface area contributed by atoms with Crippen molar-refractivity contribution in [3.05, 3.63) is 53.3 Å². The summed E-state index contributed by atoms with van der Waals surface area (Å²) in [6.45, 7) is 1.73. The Morgan fingerprint density at radius 2 is 2.00 bits per heavy atom. The van der Waals surface area contributed by atoms with Crippen LogP contribution in [0, 0.1) is 12.7 Å². The van der Waals surface area contributed by atoms with Crippen LogP contribution in [-0.4, -0.2) is 18.1 Å². The Morgan fingerprint density at radius 3 is 2.65 bits per heavy atom. The van der Waals surface area contributed by atoms with Gasteiger partial charge in [0.2, 0.25) is 0 Å². The minimum Gasteiger partial charge on any atom is -0.508 e. The number of hydrogen-bond donors (Lipinski definition) is 2. The molecule has 0 aromatic heterocycles. The van der Waals surface area contributed by atoms with Crippen LogP contribution in [0.5, 0.6) is 11.5 Å². The quantitative estimate of drug-likeness (QED) is 0.846. The Hall–Kier alpha value is -2.56. The van der Waals surface area contributed by atoms with Gasteiger partial charge in [0, 0.05) is 11.3 Å². The van der Waals surface area contributed by atoms with Crippen LogP contribution in [0.1, 0.15) is 15.9 Å². The van der Waals surface area contributed by atoms with E-state index < -0.39 is 5.82 Å². The van der Waals surface area contributed by atoms with Crippen molar-refractivity contribution in [1.82, 2.24) is 0 Å². The standard InChI is InChI=1S/C15H14FNO3/c1-9-7-11(4-6-13(9)18)17-15(19)10-3-5-12(16)14(8-10)20-2/h3-8,18H,1-2H3,(H,17,19). The number of carbonyl (C=O) groups is 1. The molecule has 0 atom stereocenters. The normalized spacial score (nSPS) is 10.2. The van der Waals surface area contributed by atoms with Gasteiger partial charge in [0.25, 0.3) is 5.91 Å². The number of carbonyl (C=O) groups excluding carboxylic acids is 1. The Labute approximate surface area is 115 Å². The zero-order valence-electron chi connectivity index (χ0n) is 11.1. The lowest BCUT2D eigenvalue weighted by Crippen LogP contribution is -2.12. The molecule has 0 heterocycles. The third kappa shape index (κ3) is 2.88. The van der Waals surface area contributed by atoms with Gasteiger partial charge < -0.3 is 15.2 Å². The van der Waals surface area contributed by atoms with E-state index in [1.54, 1.807) is 19.1 Å². The summed E-state index contributed by atoms with van der Waals surface area (Å²) in [7, 11) is 1.34. The molecule has 0 aliphatic carbocycles. The highest BCUT2D eigenvalue weighted by Crippen LogP contribution is 2.22. The fraction of sp³-hybridized carbons (Fsp3) is 0.133. The van der Waals surface area contributed by atoms with Crippen LogP contribution >= 0.6 is 0 Å². The van der Waals surface area contributed by atoms with E-state index in [0.29, 0.717) is 11.3 Å². The van der Waals surface area contributed by atoms with Crippen molar-refractivity contribution in [2.24, 2.45) is 0 Å². The van der Waals surface area contributed by atoms with Crippen molar-refractivity contribution in [3.63, 3.8) is 0 Å². The molecule has 4 nitrogen and oxygen atoms in total. The van der Waals surface area contributed by atoms with E-state index in [4.69, 9.17) is 4.74 Å². The average molecular weight is 275 g/mol. The largest absolute Gasteiger partial charge is 0.508 e. The maximum Gasteiger partial charge on any atom is 0.255 e. The fourth-order valence-corrected chi connectivity index (χ4v) is 1.74. The summed E-state index contributed by atoms with van der Waals surface area (Å²) in [5.41, 5.74) is 1.49. The topological polar surface area (TPSA) is 58.6 Å². The second-order valence-electron chi connectivity index (χ2n) is 4.30. The Balaban J connectivity index is 2.21. The van der Waals surface area contributed by atoms with Crippen LogP contribution in [0.25, 0.3) is 0 Å². The molecule has 0 saturated heterocycles. The molecule has 104 valence electrons. The van der Waals surface area contributed by atoms with E-state index in [0.717, 1.165) is 0 Å². The number of ether oxygens (including phenoxy) is 1. The second kappa shape index (κ2) is 5.61. The summed E-state index contributed by atoms with van der Waals surface area (Å²) in [6, 6.07) is 8.61. The highest BCUT2D eigenvalue weighted by atomic mass is 19.1. The average Bonchev–Trinajstić information content (AvgIpc) is 2.43. The van der Waals surface area contributed by atoms with E-state index in [9.17, 15) is 14.3 Å². The lowest BCUT2D eigenvalue weighted by molar-refractivity contribution is 0.102. The Bertz CT molecular complexity index is 656. The number of amides is 1. The predicted octanol–water partition coefficient (Wildman–Crippen LogP) is 3.10. The molecule has 0 fully saturated rings. The molecule has 0 unspecified atom stereocenters. The monoisotopic (exact) mass is 275 g/mol. The maximum atomic E-state index is 13.3. The molecule has 0 radical (unpaired) electrons. The van der Waals surface area contributed by atoms with Crippen molar-refractivity contribution in [2.75, 3.05) is 12.4 Å². The number of aryl methyl sites for hydroxylation is 1. The zero-order valence-corrected chi connectivity index (χ0v) is 11.1. The van der Waals surface area contributed by atoms with Gasteiger partial charge in [-0.2, -0.15) is 0 Å². The Kier molecular flexibility index (Phi) is 3.89. The maximum absolute atomic E-state index is 13.3. The third-order valence-electron chi connectivity index (χ3n) is 2.87. The van der Waals surface area contributed by atoms with Crippen molar-refractivity contribution < 1.29 is 19.0 Å². The number of phenols is 1. The van der Waals surface area contributed by atoms with E-state index in [1.807, 2.05) is 0 Å². The molecule has 0 aliphatic rings. The number of anilines is 1. The van der Waals surface area contributed by atoms with E-state index >= 15 is 0 Å². The molecule has 20 heavy (non-hydrogen) atoms. The van der Waals surface area contributed by atoms with Gasteiger partial charge in [0.15, 0.2) is 11.6 Å². The molecular formula is C15H14FNO3. The van der Waals surface area contributed by atoms with Crippen LogP contribution in [0.15, 0.2) is 36.4 Å². The molecule has 2 aromatic carbocycles. The first-order valence-electron chi connectivity index (χ1n) is 5.96. The molecule has 1 amide bonds. The minimum absolute atomic E-state index is 0.0135. The molecule has 2 aromatic rings. The number of halogens is 1. The van der Waals surface area contributed by atoms with Gasteiger partial charge in [-0.25, -0.2) is 4.39 Å². The van der Waals surface area contributed by atoms with Crippen LogP contribution in [-0.2, 0) is 0 Å². The van der Waals surface area contributed by atoms with Gasteiger partial charge in [-0.1, -0.05) is 0 Å². The van der Waals surface area contributed by atoms with E-state index in [2.05, 4.69) is 5.32 Å². The number of methoxy groups -OCH3 is 1. The number of aromatic hydroxyl groups is 1. The van der Waals surface area contributed by atoms with Crippen LogP contribution in [0.3, 0.4) is 0 Å². The first-order chi connectivity index (χ1) is 9.51. The van der Waals surface area contributed by atoms with Crippen molar-refractivity contribution >= 4 is 11.6 Å². The van der Waals surface area contributed by atoms with Gasteiger partial charge in [-0.05, 0) is 48.9 Å². The first-order valence-corrected chi connectivity index (χ1v) is 5.96. The SMILES string of the molecule is COc1cc(C(=O)Nc2ccc(O)c(C)c2)ccc1F. The number of rotatable bonds is 3. The van der Waals surface area contributed by atoms with Gasteiger partial charge in [0.05, 0.1) is 7.11 Å². The summed E-state index contributed by atoms with van der Waals surface area (Å²) in [5, 5.41) is 12.1. The molecule has 0 spiro atoms. The van der Waals surface area contributed by atoms with Crippen LogP contribution < -0.4 is 10.1 Å². The van der Waals surface area contributed by atoms with Crippen LogP contribution in [0.4, 0.5) is 10.1 Å². The summed E-state index contributed by atoms with van der Waals surface area (Å²) >= 11 is 0. The van der Waals surface area contributed by atoms with Crippen molar-refractivity contribution in [3.8, 4) is 11.5 Å². The van der Waals surface area contributed by atoms with Crippen LogP contribution in [0.2, 0.25) is 0 Å². The summed E-state index contributed by atoms with van der Waals surface area (Å²) < 4.78 is 18.1. The molecule has 2 N–H and O–H groups in total. The number of phenolic OH excluding ortho intramolecular Hbond substituents is 1. The van der Waals surface area contributed by atoms with Gasteiger partial charge in [0.1, 0.15) is 5.75 Å². The molecule has 0 bridgehead atoms. The minimum atomic E-state index is -0.524. The Morgan fingerprint density at radius 1 is 1.25 bits per heavy atom. The first kappa shape index (κ1) is 13.9. The second-order valence-corrected chi connectivity index (χ2v) is 4.30. The predicted molar refractivity (Wildman–Crippen MR) is 73.7 cm³/mol. The van der Waals surface area contributed by atoms with Gasteiger partial charge >= 0.3 is 0 Å². The molecule has 0 aliphatic heterocycles. The third-order valence-corrected chi connectivity index (χ3v) is 2.87. The molecule has 2 rings (SSSR count). The summed E-state index contributed by atoms with van der Waals surface area (Å²) in [4.78, 5) is 12.0. The number of hydrogen-bond acceptors (Lipinski definition) is 3. The van der Waals surface area contributed by atoms with Gasteiger partial charge in [-0.3, -0.25) is 4.79 Å².